The highest BCUT2D eigenvalue weighted by Gasteiger charge is 2.13. The second kappa shape index (κ2) is 7.04. The van der Waals surface area contributed by atoms with Crippen molar-refractivity contribution in [3.8, 4) is 0 Å². The molecule has 0 unspecified atom stereocenters. The van der Waals surface area contributed by atoms with Gasteiger partial charge in [-0.05, 0) is 29.8 Å². The minimum atomic E-state index is -0.539. The molecule has 0 bridgehead atoms. The molecule has 7 heteroatoms. The number of benzene rings is 1. The quantitative estimate of drug-likeness (QED) is 0.643. The number of rotatable bonds is 6. The number of nitrogens with one attached hydrogen (secondary N) is 2. The van der Waals surface area contributed by atoms with E-state index in [2.05, 4.69) is 15.7 Å². The van der Waals surface area contributed by atoms with E-state index in [4.69, 9.17) is 5.73 Å². The monoisotopic (exact) mass is 337 g/mol. The van der Waals surface area contributed by atoms with Gasteiger partial charge in [-0.25, -0.2) is 4.52 Å². The molecule has 0 aliphatic carbocycles. The second-order valence-electron chi connectivity index (χ2n) is 5.59. The van der Waals surface area contributed by atoms with Crippen LogP contribution in [0.4, 0.5) is 11.4 Å². The Kier molecular flexibility index (Phi) is 4.65. The summed E-state index contributed by atoms with van der Waals surface area (Å²) in [7, 11) is 0. The summed E-state index contributed by atoms with van der Waals surface area (Å²) in [6.45, 7) is 2.28. The van der Waals surface area contributed by atoms with Crippen molar-refractivity contribution in [2.24, 2.45) is 5.73 Å². The third-order valence-corrected chi connectivity index (χ3v) is 3.83. The molecule has 128 valence electrons. The fourth-order valence-electron chi connectivity index (χ4n) is 2.56. The zero-order valence-electron chi connectivity index (χ0n) is 13.8. The molecule has 0 aliphatic rings. The van der Waals surface area contributed by atoms with Crippen LogP contribution in [0.3, 0.4) is 0 Å². The molecule has 2 aromatic heterocycles. The number of hydrogen-bond donors (Lipinski definition) is 3. The van der Waals surface area contributed by atoms with Gasteiger partial charge in [0.15, 0.2) is 0 Å². The summed E-state index contributed by atoms with van der Waals surface area (Å²) in [5.41, 5.74) is 8.90. The number of nitrogens with two attached hydrogens (primary N) is 1. The zero-order valence-corrected chi connectivity index (χ0v) is 13.8. The predicted molar refractivity (Wildman–Crippen MR) is 96.4 cm³/mol. The third kappa shape index (κ3) is 3.60. The summed E-state index contributed by atoms with van der Waals surface area (Å²) < 4.78 is 1.67. The third-order valence-electron chi connectivity index (χ3n) is 3.83. The molecule has 0 saturated carbocycles. The highest BCUT2D eigenvalue weighted by Crippen LogP contribution is 2.22. The van der Waals surface area contributed by atoms with E-state index in [0.29, 0.717) is 24.2 Å². The number of hydrogen-bond acceptors (Lipinski definition) is 4. The molecule has 2 heterocycles. The molecular formula is C18H19N5O2. The normalized spacial score (nSPS) is 10.6. The van der Waals surface area contributed by atoms with Gasteiger partial charge in [0, 0.05) is 24.8 Å². The molecule has 3 aromatic rings. The molecule has 4 N–H and O–H groups in total. The summed E-state index contributed by atoms with van der Waals surface area (Å²) in [6, 6.07) is 11.2. The van der Waals surface area contributed by atoms with Crippen LogP contribution in [0, 0.1) is 0 Å². The van der Waals surface area contributed by atoms with Gasteiger partial charge in [0.25, 0.3) is 5.91 Å². The fraction of sp³-hybridized carbons (Fsp3) is 0.167. The highest BCUT2D eigenvalue weighted by molar-refractivity contribution is 6.01. The van der Waals surface area contributed by atoms with E-state index in [1.165, 1.54) is 6.20 Å². The van der Waals surface area contributed by atoms with Crippen LogP contribution in [0.5, 0.6) is 0 Å². The van der Waals surface area contributed by atoms with Crippen molar-refractivity contribution >= 4 is 28.7 Å². The lowest BCUT2D eigenvalue weighted by Gasteiger charge is -2.13. The number of aromatic nitrogens is 2. The van der Waals surface area contributed by atoms with E-state index in [0.717, 1.165) is 16.8 Å². The summed E-state index contributed by atoms with van der Waals surface area (Å²) in [5.74, 6) is -0.576. The van der Waals surface area contributed by atoms with Crippen LogP contribution < -0.4 is 16.4 Å². The minimum absolute atomic E-state index is 0.0369. The van der Waals surface area contributed by atoms with Crippen molar-refractivity contribution in [1.29, 1.82) is 0 Å². The first-order chi connectivity index (χ1) is 12.1. The average Bonchev–Trinajstić information content (AvgIpc) is 3.08. The first-order valence-electron chi connectivity index (χ1n) is 7.97. The summed E-state index contributed by atoms with van der Waals surface area (Å²) >= 11 is 0. The van der Waals surface area contributed by atoms with E-state index in [1.54, 1.807) is 17.6 Å². The van der Waals surface area contributed by atoms with Crippen LogP contribution >= 0.6 is 0 Å². The summed E-state index contributed by atoms with van der Waals surface area (Å²) in [4.78, 5) is 23.2. The van der Waals surface area contributed by atoms with Crippen molar-refractivity contribution in [2.45, 2.75) is 19.9 Å². The molecule has 0 spiro atoms. The van der Waals surface area contributed by atoms with Gasteiger partial charge in [0.1, 0.15) is 0 Å². The second-order valence-corrected chi connectivity index (χ2v) is 5.59. The van der Waals surface area contributed by atoms with Crippen LogP contribution in [0.1, 0.15) is 29.3 Å². The van der Waals surface area contributed by atoms with E-state index in [1.807, 2.05) is 36.4 Å². The van der Waals surface area contributed by atoms with Gasteiger partial charge < -0.3 is 16.4 Å². The molecule has 0 fully saturated rings. The maximum absolute atomic E-state index is 11.7. The predicted octanol–water partition coefficient (Wildman–Crippen LogP) is 2.39. The zero-order chi connectivity index (χ0) is 17.8. The summed E-state index contributed by atoms with van der Waals surface area (Å²) in [5, 5.41) is 10.3. The van der Waals surface area contributed by atoms with Crippen molar-refractivity contribution in [3.63, 3.8) is 0 Å². The molecule has 3 rings (SSSR count). The Balaban J connectivity index is 1.84. The standard InChI is InChI=1S/C18H19N5O2/c1-2-16(24)22-13-6-3-5-12(9-13)10-20-17-14(18(19)25)11-21-23-8-4-7-15(17)23/h3-9,11,20H,2,10H2,1H3,(H2,19,25)(H,22,24). The van der Waals surface area contributed by atoms with Crippen LogP contribution in [-0.2, 0) is 11.3 Å². The number of carbonyl (C=O) groups is 2. The molecule has 25 heavy (non-hydrogen) atoms. The van der Waals surface area contributed by atoms with Gasteiger partial charge in [0.2, 0.25) is 5.91 Å². The van der Waals surface area contributed by atoms with E-state index in [9.17, 15) is 9.59 Å². The highest BCUT2D eigenvalue weighted by atomic mass is 16.1. The topological polar surface area (TPSA) is 102 Å². The molecular weight excluding hydrogens is 318 g/mol. The Hall–Kier alpha value is -3.35. The number of nitrogens with zero attached hydrogens (tertiary/aromatic N) is 2. The lowest BCUT2D eigenvalue weighted by Crippen LogP contribution is -2.16. The SMILES string of the molecule is CCC(=O)Nc1cccc(CNc2c(C(N)=O)cnn3cccc23)c1. The first kappa shape index (κ1) is 16.5. The van der Waals surface area contributed by atoms with E-state index < -0.39 is 5.91 Å². The van der Waals surface area contributed by atoms with E-state index >= 15 is 0 Å². The van der Waals surface area contributed by atoms with Gasteiger partial charge in [-0.15, -0.1) is 0 Å². The van der Waals surface area contributed by atoms with Crippen LogP contribution in [-0.4, -0.2) is 21.4 Å². The molecule has 0 aliphatic heterocycles. The fourth-order valence-corrected chi connectivity index (χ4v) is 2.56. The van der Waals surface area contributed by atoms with Crippen molar-refractivity contribution < 1.29 is 9.59 Å². The minimum Gasteiger partial charge on any atom is -0.379 e. The van der Waals surface area contributed by atoms with Crippen LogP contribution in [0.2, 0.25) is 0 Å². The van der Waals surface area contributed by atoms with E-state index in [-0.39, 0.29) is 5.91 Å². The summed E-state index contributed by atoms with van der Waals surface area (Å²) in [6.07, 6.45) is 3.68. The van der Waals surface area contributed by atoms with Gasteiger partial charge in [0.05, 0.1) is 23.0 Å². The van der Waals surface area contributed by atoms with Crippen molar-refractivity contribution in [1.82, 2.24) is 9.61 Å². The maximum atomic E-state index is 11.7. The number of primary amides is 1. The number of fused-ring (bicyclic) bond motifs is 1. The van der Waals surface area contributed by atoms with Gasteiger partial charge in [-0.1, -0.05) is 19.1 Å². The van der Waals surface area contributed by atoms with Gasteiger partial charge in [-0.3, -0.25) is 9.59 Å². The molecule has 7 nitrogen and oxygen atoms in total. The van der Waals surface area contributed by atoms with Crippen LogP contribution in [0.15, 0.2) is 48.8 Å². The number of anilines is 2. The van der Waals surface area contributed by atoms with Gasteiger partial charge in [-0.2, -0.15) is 5.10 Å². The Labute approximate surface area is 144 Å². The molecule has 0 saturated heterocycles. The molecule has 1 aromatic carbocycles. The maximum Gasteiger partial charge on any atom is 0.252 e. The Morgan fingerprint density at radius 3 is 2.84 bits per heavy atom. The first-order valence-corrected chi connectivity index (χ1v) is 7.97. The lowest BCUT2D eigenvalue weighted by molar-refractivity contribution is -0.115. The van der Waals surface area contributed by atoms with Crippen molar-refractivity contribution in [2.75, 3.05) is 10.6 Å². The number of amides is 2. The smallest absolute Gasteiger partial charge is 0.252 e. The van der Waals surface area contributed by atoms with Crippen LogP contribution in [0.25, 0.3) is 5.52 Å². The average molecular weight is 337 g/mol. The number of carbonyl (C=O) groups excluding carboxylic acids is 2. The Bertz CT molecular complexity index is 932. The lowest BCUT2D eigenvalue weighted by atomic mass is 10.1. The largest absolute Gasteiger partial charge is 0.379 e. The Morgan fingerprint density at radius 2 is 2.08 bits per heavy atom. The molecule has 0 radical (unpaired) electrons. The molecule has 0 atom stereocenters. The molecule has 2 amide bonds. The van der Waals surface area contributed by atoms with Crippen molar-refractivity contribution in [3.05, 3.63) is 59.9 Å². The van der Waals surface area contributed by atoms with Gasteiger partial charge >= 0.3 is 0 Å². The Morgan fingerprint density at radius 1 is 1.24 bits per heavy atom.